The van der Waals surface area contributed by atoms with Crippen molar-refractivity contribution in [1.82, 2.24) is 0 Å². The zero-order chi connectivity index (χ0) is 12.7. The number of nitrogens with one attached hydrogen (secondary N) is 1. The van der Waals surface area contributed by atoms with Crippen molar-refractivity contribution in [3.8, 4) is 5.75 Å². The van der Waals surface area contributed by atoms with E-state index in [-0.39, 0.29) is 24.0 Å². The number of halogens is 2. The number of benzene rings is 1. The SMILES string of the molecule is CCCCCCOc1ccc(C(=N)N)cc1F.Cl. The molecule has 0 aliphatic heterocycles. The molecule has 0 radical (unpaired) electrons. The van der Waals surface area contributed by atoms with Crippen molar-refractivity contribution in [2.75, 3.05) is 6.61 Å². The molecular weight excluding hydrogens is 255 g/mol. The minimum absolute atomic E-state index is 0. The number of rotatable bonds is 7. The topological polar surface area (TPSA) is 59.1 Å². The van der Waals surface area contributed by atoms with Crippen LogP contribution in [0.3, 0.4) is 0 Å². The third kappa shape index (κ3) is 5.36. The molecule has 5 heteroatoms. The van der Waals surface area contributed by atoms with Crippen LogP contribution in [0.4, 0.5) is 4.39 Å². The minimum Gasteiger partial charge on any atom is -0.491 e. The van der Waals surface area contributed by atoms with Gasteiger partial charge in [-0.2, -0.15) is 0 Å². The summed E-state index contributed by atoms with van der Waals surface area (Å²) in [7, 11) is 0. The summed E-state index contributed by atoms with van der Waals surface area (Å²) in [6, 6.07) is 4.34. The highest BCUT2D eigenvalue weighted by molar-refractivity contribution is 5.95. The fourth-order valence-corrected chi connectivity index (χ4v) is 1.50. The molecule has 0 heterocycles. The highest BCUT2D eigenvalue weighted by Gasteiger charge is 2.05. The van der Waals surface area contributed by atoms with Gasteiger partial charge in [-0.15, -0.1) is 12.4 Å². The Kier molecular flexibility index (Phi) is 8.12. The lowest BCUT2D eigenvalue weighted by molar-refractivity contribution is 0.290. The molecule has 0 aliphatic carbocycles. The maximum atomic E-state index is 13.5. The van der Waals surface area contributed by atoms with Gasteiger partial charge in [0.15, 0.2) is 11.6 Å². The van der Waals surface area contributed by atoms with Gasteiger partial charge in [-0.25, -0.2) is 4.39 Å². The molecule has 3 N–H and O–H groups in total. The molecule has 0 saturated heterocycles. The third-order valence-corrected chi connectivity index (χ3v) is 2.50. The maximum absolute atomic E-state index is 13.5. The first-order valence-corrected chi connectivity index (χ1v) is 5.92. The van der Waals surface area contributed by atoms with Crippen molar-refractivity contribution in [3.63, 3.8) is 0 Å². The zero-order valence-corrected chi connectivity index (χ0v) is 11.4. The second kappa shape index (κ2) is 8.75. The highest BCUT2D eigenvalue weighted by atomic mass is 35.5. The molecule has 0 spiro atoms. The summed E-state index contributed by atoms with van der Waals surface area (Å²) >= 11 is 0. The molecule has 0 aliphatic rings. The zero-order valence-electron chi connectivity index (χ0n) is 10.5. The molecule has 0 unspecified atom stereocenters. The van der Waals surface area contributed by atoms with Crippen LogP contribution in [0.25, 0.3) is 0 Å². The average Bonchev–Trinajstić information content (AvgIpc) is 2.30. The Hall–Kier alpha value is -1.29. The molecule has 0 amide bonds. The van der Waals surface area contributed by atoms with Crippen LogP contribution in [-0.2, 0) is 0 Å². The maximum Gasteiger partial charge on any atom is 0.165 e. The smallest absolute Gasteiger partial charge is 0.165 e. The van der Waals surface area contributed by atoms with Gasteiger partial charge in [-0.05, 0) is 24.6 Å². The summed E-state index contributed by atoms with van der Waals surface area (Å²) < 4.78 is 18.8. The van der Waals surface area contributed by atoms with Crippen LogP contribution >= 0.6 is 12.4 Å². The Labute approximate surface area is 113 Å². The molecule has 1 rings (SSSR count). The lowest BCUT2D eigenvalue weighted by Crippen LogP contribution is -2.11. The fraction of sp³-hybridized carbons (Fsp3) is 0.462. The molecule has 102 valence electrons. The van der Waals surface area contributed by atoms with Gasteiger partial charge in [0.2, 0.25) is 0 Å². The second-order valence-corrected chi connectivity index (χ2v) is 3.97. The molecule has 18 heavy (non-hydrogen) atoms. The number of unbranched alkanes of at least 4 members (excludes halogenated alkanes) is 3. The Morgan fingerprint density at radius 2 is 2.06 bits per heavy atom. The van der Waals surface area contributed by atoms with Gasteiger partial charge >= 0.3 is 0 Å². The van der Waals surface area contributed by atoms with E-state index in [2.05, 4.69) is 6.92 Å². The fourth-order valence-electron chi connectivity index (χ4n) is 1.50. The molecule has 0 bridgehead atoms. The Morgan fingerprint density at radius 3 is 2.61 bits per heavy atom. The van der Waals surface area contributed by atoms with Gasteiger partial charge < -0.3 is 10.5 Å². The van der Waals surface area contributed by atoms with Crippen molar-refractivity contribution in [2.45, 2.75) is 32.6 Å². The van der Waals surface area contributed by atoms with E-state index >= 15 is 0 Å². The number of ether oxygens (including phenoxy) is 1. The minimum atomic E-state index is -0.465. The van der Waals surface area contributed by atoms with Crippen LogP contribution in [0.5, 0.6) is 5.75 Å². The van der Waals surface area contributed by atoms with Crippen LogP contribution in [0.15, 0.2) is 18.2 Å². The Bertz CT molecular complexity index is 385. The second-order valence-electron chi connectivity index (χ2n) is 3.97. The van der Waals surface area contributed by atoms with E-state index in [9.17, 15) is 4.39 Å². The van der Waals surface area contributed by atoms with Crippen molar-refractivity contribution < 1.29 is 9.13 Å². The highest BCUT2D eigenvalue weighted by Crippen LogP contribution is 2.18. The van der Waals surface area contributed by atoms with Gasteiger partial charge in [-0.3, -0.25) is 5.41 Å². The molecule has 0 saturated carbocycles. The standard InChI is InChI=1S/C13H19FN2O.ClH/c1-2-3-4-5-8-17-12-7-6-10(13(15)16)9-11(12)14;/h6-7,9H,2-5,8H2,1H3,(H3,15,16);1H. The normalized spacial score (nSPS) is 9.67. The number of nitrogens with two attached hydrogens (primary N) is 1. The van der Waals surface area contributed by atoms with Gasteiger partial charge in [0, 0.05) is 5.56 Å². The molecule has 3 nitrogen and oxygen atoms in total. The number of hydrogen-bond donors (Lipinski definition) is 2. The van der Waals surface area contributed by atoms with E-state index in [0.29, 0.717) is 12.2 Å². The van der Waals surface area contributed by atoms with Gasteiger partial charge in [0.25, 0.3) is 0 Å². The summed E-state index contributed by atoms with van der Waals surface area (Å²) in [4.78, 5) is 0. The summed E-state index contributed by atoms with van der Waals surface area (Å²) in [5.74, 6) is -0.377. The first kappa shape index (κ1) is 16.7. The van der Waals surface area contributed by atoms with Crippen LogP contribution in [0, 0.1) is 11.2 Å². The van der Waals surface area contributed by atoms with Gasteiger partial charge in [0.1, 0.15) is 5.84 Å². The van der Waals surface area contributed by atoms with Crippen molar-refractivity contribution >= 4 is 18.2 Å². The summed E-state index contributed by atoms with van der Waals surface area (Å²) in [6.07, 6.45) is 4.38. The Morgan fingerprint density at radius 1 is 1.33 bits per heavy atom. The third-order valence-electron chi connectivity index (χ3n) is 2.50. The lowest BCUT2D eigenvalue weighted by Gasteiger charge is -2.08. The molecule has 1 aromatic carbocycles. The monoisotopic (exact) mass is 274 g/mol. The van der Waals surface area contributed by atoms with Gasteiger partial charge in [-0.1, -0.05) is 26.2 Å². The number of hydrogen-bond acceptors (Lipinski definition) is 2. The van der Waals surface area contributed by atoms with Gasteiger partial charge in [0.05, 0.1) is 6.61 Å². The molecule has 1 aromatic rings. The Balaban J connectivity index is 0.00000289. The average molecular weight is 275 g/mol. The summed E-state index contributed by atoms with van der Waals surface area (Å²) in [5, 5.41) is 7.19. The molecular formula is C13H20ClFN2O. The van der Waals surface area contributed by atoms with Crippen LogP contribution in [0.1, 0.15) is 38.2 Å². The van der Waals surface area contributed by atoms with E-state index in [1.807, 2.05) is 0 Å². The predicted octanol–water partition coefficient (Wildman–Crippen LogP) is 3.49. The first-order chi connectivity index (χ1) is 8.15. The van der Waals surface area contributed by atoms with E-state index in [1.165, 1.54) is 25.0 Å². The summed E-state index contributed by atoms with van der Waals surface area (Å²) in [5.41, 5.74) is 5.64. The molecule has 0 aromatic heterocycles. The largest absolute Gasteiger partial charge is 0.491 e. The quantitative estimate of drug-likeness (QED) is 0.454. The van der Waals surface area contributed by atoms with Crippen molar-refractivity contribution in [2.24, 2.45) is 5.73 Å². The van der Waals surface area contributed by atoms with Crippen LogP contribution in [-0.4, -0.2) is 12.4 Å². The van der Waals surface area contributed by atoms with E-state index in [0.717, 1.165) is 12.8 Å². The lowest BCUT2D eigenvalue weighted by atomic mass is 10.2. The first-order valence-electron chi connectivity index (χ1n) is 5.92. The molecule has 0 atom stereocenters. The number of amidine groups is 1. The van der Waals surface area contributed by atoms with Crippen molar-refractivity contribution in [3.05, 3.63) is 29.6 Å². The molecule has 0 fully saturated rings. The van der Waals surface area contributed by atoms with E-state index in [1.54, 1.807) is 6.07 Å². The van der Waals surface area contributed by atoms with E-state index in [4.69, 9.17) is 15.9 Å². The van der Waals surface area contributed by atoms with Crippen molar-refractivity contribution in [1.29, 1.82) is 5.41 Å². The summed E-state index contributed by atoms with van der Waals surface area (Å²) in [6.45, 7) is 2.66. The van der Waals surface area contributed by atoms with Crippen LogP contribution in [0.2, 0.25) is 0 Å². The van der Waals surface area contributed by atoms with E-state index < -0.39 is 5.82 Å². The number of nitrogen functional groups attached to an aromatic ring is 1. The predicted molar refractivity (Wildman–Crippen MR) is 74.3 cm³/mol. The van der Waals surface area contributed by atoms with Crippen LogP contribution < -0.4 is 10.5 Å².